The topological polar surface area (TPSA) is 38.8 Å². The summed E-state index contributed by atoms with van der Waals surface area (Å²) in [7, 11) is 0. The van der Waals surface area contributed by atoms with Gasteiger partial charge in [-0.2, -0.15) is 0 Å². The number of aliphatic hydroxyl groups excluding tert-OH is 1. The van der Waals surface area contributed by atoms with E-state index in [-0.39, 0.29) is 6.10 Å². The van der Waals surface area contributed by atoms with Crippen molar-refractivity contribution < 1.29 is 14.7 Å². The van der Waals surface area contributed by atoms with Gasteiger partial charge in [0, 0.05) is 21.8 Å². The van der Waals surface area contributed by atoms with Crippen LogP contribution in [0.5, 0.6) is 0 Å². The van der Waals surface area contributed by atoms with Crippen molar-refractivity contribution in [2.75, 3.05) is 32.8 Å². The first-order valence-corrected chi connectivity index (χ1v) is 8.38. The predicted molar refractivity (Wildman–Crippen MR) is 91.8 cm³/mol. The second kappa shape index (κ2) is 6.32. The highest BCUT2D eigenvalue weighted by Gasteiger charge is 2.20. The summed E-state index contributed by atoms with van der Waals surface area (Å²) in [5, 5.41) is 13.1. The highest BCUT2D eigenvalue weighted by Crippen LogP contribution is 2.28. The van der Waals surface area contributed by atoms with E-state index in [0.29, 0.717) is 6.54 Å². The van der Waals surface area contributed by atoms with Gasteiger partial charge in [0.15, 0.2) is 0 Å². The molecule has 0 saturated carbocycles. The van der Waals surface area contributed by atoms with Gasteiger partial charge in [-0.25, -0.2) is 0 Å². The Hall–Kier alpha value is -1.88. The first-order chi connectivity index (χ1) is 11.3. The van der Waals surface area contributed by atoms with Gasteiger partial charge in [0.1, 0.15) is 25.7 Å². The largest absolute Gasteiger partial charge is 0.385 e. The summed E-state index contributed by atoms with van der Waals surface area (Å²) < 4.78 is 7.65. The minimum atomic E-state index is -0.345. The molecule has 1 saturated heterocycles. The van der Waals surface area contributed by atoms with Crippen LogP contribution in [0.3, 0.4) is 0 Å². The van der Waals surface area contributed by atoms with Gasteiger partial charge in [-0.1, -0.05) is 36.4 Å². The quantitative estimate of drug-likeness (QED) is 0.756. The van der Waals surface area contributed by atoms with Crippen LogP contribution < -0.4 is 4.90 Å². The molecule has 0 unspecified atom stereocenters. The van der Waals surface area contributed by atoms with Gasteiger partial charge in [-0.05, 0) is 12.1 Å². The van der Waals surface area contributed by atoms with E-state index in [0.717, 1.165) is 32.8 Å². The Bertz CT molecular complexity index is 752. The number of hydrogen-bond donors (Lipinski definition) is 2. The molecule has 23 heavy (non-hydrogen) atoms. The number of ether oxygens (including phenoxy) is 1. The predicted octanol–water partition coefficient (Wildman–Crippen LogP) is 1.07. The molecule has 4 nitrogen and oxygen atoms in total. The Morgan fingerprint density at radius 1 is 0.957 bits per heavy atom. The number of para-hydroxylation sites is 2. The van der Waals surface area contributed by atoms with Gasteiger partial charge < -0.3 is 19.3 Å². The minimum absolute atomic E-state index is 0.345. The summed E-state index contributed by atoms with van der Waals surface area (Å²) in [6, 6.07) is 16.9. The van der Waals surface area contributed by atoms with Crippen molar-refractivity contribution >= 4 is 21.8 Å². The molecule has 1 aromatic heterocycles. The van der Waals surface area contributed by atoms with Gasteiger partial charge in [0.2, 0.25) is 0 Å². The van der Waals surface area contributed by atoms with Gasteiger partial charge in [0.25, 0.3) is 0 Å². The molecule has 0 amide bonds. The number of rotatable bonds is 4. The number of aromatic nitrogens is 1. The van der Waals surface area contributed by atoms with E-state index >= 15 is 0 Å². The number of morpholine rings is 1. The Morgan fingerprint density at radius 3 is 2.13 bits per heavy atom. The standard InChI is InChI=1S/C19H22N2O2/c22-15(13-20-9-11-23-12-10-20)14-21-18-7-3-1-5-16(18)17-6-2-4-8-19(17)21/h1-8,15,22H,9-14H2/p+1/t15-/m1/s1. The number of quaternary nitrogens is 1. The van der Waals surface area contributed by atoms with Crippen molar-refractivity contribution in [2.24, 2.45) is 0 Å². The molecule has 2 N–H and O–H groups in total. The summed E-state index contributed by atoms with van der Waals surface area (Å²) in [5.74, 6) is 0. The summed E-state index contributed by atoms with van der Waals surface area (Å²) in [5.41, 5.74) is 2.40. The van der Waals surface area contributed by atoms with Crippen LogP contribution in [0.1, 0.15) is 0 Å². The number of nitrogens with one attached hydrogen (secondary N) is 1. The zero-order valence-corrected chi connectivity index (χ0v) is 13.2. The number of aliphatic hydroxyl groups is 1. The van der Waals surface area contributed by atoms with Crippen LogP contribution in [0.4, 0.5) is 0 Å². The molecular formula is C19H23N2O2+. The van der Waals surface area contributed by atoms with Crippen molar-refractivity contribution in [2.45, 2.75) is 12.6 Å². The lowest BCUT2D eigenvalue weighted by Crippen LogP contribution is -3.15. The molecule has 0 aliphatic carbocycles. The average molecular weight is 311 g/mol. The summed E-state index contributed by atoms with van der Waals surface area (Å²) in [6.45, 7) is 5.01. The summed E-state index contributed by atoms with van der Waals surface area (Å²) in [4.78, 5) is 1.43. The van der Waals surface area contributed by atoms with Crippen LogP contribution >= 0.6 is 0 Å². The second-order valence-corrected chi connectivity index (χ2v) is 6.37. The Balaban J connectivity index is 1.64. The molecule has 0 spiro atoms. The van der Waals surface area contributed by atoms with Crippen molar-refractivity contribution in [1.82, 2.24) is 4.57 Å². The zero-order chi connectivity index (χ0) is 15.6. The zero-order valence-electron chi connectivity index (χ0n) is 13.2. The molecule has 1 aliphatic rings. The average Bonchev–Trinajstić information content (AvgIpc) is 2.90. The van der Waals surface area contributed by atoms with Crippen molar-refractivity contribution in [3.05, 3.63) is 48.5 Å². The normalized spacial score (nSPS) is 17.8. The van der Waals surface area contributed by atoms with Crippen molar-refractivity contribution in [3.63, 3.8) is 0 Å². The summed E-state index contributed by atoms with van der Waals surface area (Å²) in [6.07, 6.45) is -0.345. The highest BCUT2D eigenvalue weighted by molar-refractivity contribution is 6.07. The number of benzene rings is 2. The van der Waals surface area contributed by atoms with Crippen LogP contribution in [0.25, 0.3) is 21.8 Å². The lowest BCUT2D eigenvalue weighted by atomic mass is 10.2. The molecular weight excluding hydrogens is 288 g/mol. The maximum atomic E-state index is 10.6. The number of hydrogen-bond acceptors (Lipinski definition) is 2. The lowest BCUT2D eigenvalue weighted by Gasteiger charge is -2.26. The van der Waals surface area contributed by atoms with Crippen LogP contribution in [0.15, 0.2) is 48.5 Å². The molecule has 2 heterocycles. The molecule has 1 aliphatic heterocycles. The molecule has 4 heteroatoms. The monoisotopic (exact) mass is 311 g/mol. The van der Waals surface area contributed by atoms with Crippen molar-refractivity contribution in [1.29, 1.82) is 0 Å². The molecule has 1 atom stereocenters. The van der Waals surface area contributed by atoms with E-state index in [9.17, 15) is 5.11 Å². The Labute approximate surface area is 135 Å². The third kappa shape index (κ3) is 2.85. The van der Waals surface area contributed by atoms with Crippen LogP contribution in [0.2, 0.25) is 0 Å². The first-order valence-electron chi connectivity index (χ1n) is 8.38. The first kappa shape index (κ1) is 14.7. The highest BCUT2D eigenvalue weighted by atomic mass is 16.5. The molecule has 4 rings (SSSR count). The number of fused-ring (bicyclic) bond motifs is 3. The van der Waals surface area contributed by atoms with Crippen LogP contribution in [-0.4, -0.2) is 48.6 Å². The van der Waals surface area contributed by atoms with E-state index in [1.165, 1.54) is 26.7 Å². The minimum Gasteiger partial charge on any atom is -0.385 e. The third-order valence-electron chi connectivity index (χ3n) is 4.80. The third-order valence-corrected chi connectivity index (χ3v) is 4.80. The fourth-order valence-electron chi connectivity index (χ4n) is 3.67. The Morgan fingerprint density at radius 2 is 1.52 bits per heavy atom. The van der Waals surface area contributed by atoms with Gasteiger partial charge >= 0.3 is 0 Å². The van der Waals surface area contributed by atoms with E-state index < -0.39 is 0 Å². The Kier molecular flexibility index (Phi) is 4.04. The van der Waals surface area contributed by atoms with E-state index in [1.54, 1.807) is 0 Å². The molecule has 1 fully saturated rings. The fraction of sp³-hybridized carbons (Fsp3) is 0.368. The summed E-state index contributed by atoms with van der Waals surface area (Å²) >= 11 is 0. The maximum absolute atomic E-state index is 10.6. The fourth-order valence-corrected chi connectivity index (χ4v) is 3.67. The van der Waals surface area contributed by atoms with Crippen LogP contribution in [0, 0.1) is 0 Å². The molecule has 120 valence electrons. The molecule has 0 bridgehead atoms. The van der Waals surface area contributed by atoms with Gasteiger partial charge in [-0.3, -0.25) is 0 Å². The SMILES string of the molecule is O[C@@H](Cn1c2ccccc2c2ccccc21)C[NH+]1CCOCC1. The van der Waals surface area contributed by atoms with Crippen molar-refractivity contribution in [3.8, 4) is 0 Å². The van der Waals surface area contributed by atoms with E-state index in [2.05, 4.69) is 53.1 Å². The molecule has 3 aromatic rings. The molecule has 0 radical (unpaired) electrons. The van der Waals surface area contributed by atoms with Gasteiger partial charge in [-0.15, -0.1) is 0 Å². The molecule has 2 aromatic carbocycles. The number of nitrogens with zero attached hydrogens (tertiary/aromatic N) is 1. The van der Waals surface area contributed by atoms with E-state index in [4.69, 9.17) is 4.74 Å². The maximum Gasteiger partial charge on any atom is 0.121 e. The second-order valence-electron chi connectivity index (χ2n) is 6.37. The van der Waals surface area contributed by atoms with E-state index in [1.807, 2.05) is 0 Å². The van der Waals surface area contributed by atoms with Crippen LogP contribution in [-0.2, 0) is 11.3 Å². The van der Waals surface area contributed by atoms with Gasteiger partial charge in [0.05, 0.1) is 19.8 Å². The smallest absolute Gasteiger partial charge is 0.121 e. The lowest BCUT2D eigenvalue weighted by molar-refractivity contribution is -0.911.